The van der Waals surface area contributed by atoms with E-state index in [9.17, 15) is 13.6 Å². The predicted molar refractivity (Wildman–Crippen MR) is 106 cm³/mol. The summed E-state index contributed by atoms with van der Waals surface area (Å²) < 4.78 is 41.8. The molecule has 2 aromatic heterocycles. The third-order valence-corrected chi connectivity index (χ3v) is 6.16. The molecule has 0 bridgehead atoms. The lowest BCUT2D eigenvalue weighted by Gasteiger charge is -2.34. The van der Waals surface area contributed by atoms with Gasteiger partial charge in [-0.3, -0.25) is 4.57 Å². The van der Waals surface area contributed by atoms with Crippen molar-refractivity contribution in [1.82, 2.24) is 19.3 Å². The van der Waals surface area contributed by atoms with Crippen LogP contribution in [0.15, 0.2) is 52.0 Å². The Morgan fingerprint density at radius 3 is 2.74 bits per heavy atom. The summed E-state index contributed by atoms with van der Waals surface area (Å²) in [5.74, 6) is 0.00833. The van der Waals surface area contributed by atoms with Crippen LogP contribution in [-0.2, 0) is 6.42 Å². The fourth-order valence-electron chi connectivity index (χ4n) is 4.60. The molecule has 7 nitrogen and oxygen atoms in total. The molecule has 6 rings (SSSR count). The molecule has 0 saturated heterocycles. The van der Waals surface area contributed by atoms with Crippen molar-refractivity contribution in [3.05, 3.63) is 76.3 Å². The van der Waals surface area contributed by atoms with Crippen molar-refractivity contribution in [3.8, 4) is 5.75 Å². The minimum absolute atomic E-state index is 0.0520. The van der Waals surface area contributed by atoms with Gasteiger partial charge in [0.1, 0.15) is 29.3 Å². The number of aryl methyl sites for hydroxylation is 1. The van der Waals surface area contributed by atoms with Gasteiger partial charge in [-0.05, 0) is 36.2 Å². The van der Waals surface area contributed by atoms with Crippen LogP contribution in [0.1, 0.15) is 42.7 Å². The number of oxazole rings is 1. The van der Waals surface area contributed by atoms with Gasteiger partial charge in [0, 0.05) is 25.3 Å². The zero-order valence-electron chi connectivity index (χ0n) is 16.4. The molecule has 9 heteroatoms. The molecule has 2 aromatic carbocycles. The summed E-state index contributed by atoms with van der Waals surface area (Å²) in [4.78, 5) is 17.3. The minimum Gasteiger partial charge on any atom is -0.488 e. The molecule has 1 aliphatic heterocycles. The Morgan fingerprint density at radius 1 is 1.13 bits per heavy atom. The molecular weight excluding hydrogens is 406 g/mol. The first kappa shape index (κ1) is 18.3. The molecule has 0 amide bonds. The molecule has 31 heavy (non-hydrogen) atoms. The van der Waals surface area contributed by atoms with E-state index in [0.717, 1.165) is 6.07 Å². The number of rotatable bonds is 4. The van der Waals surface area contributed by atoms with E-state index < -0.39 is 17.7 Å². The maximum atomic E-state index is 13.7. The third kappa shape index (κ3) is 2.95. The van der Waals surface area contributed by atoms with Crippen molar-refractivity contribution in [1.29, 1.82) is 0 Å². The topological polar surface area (TPSA) is 75.1 Å². The van der Waals surface area contributed by atoms with Crippen LogP contribution in [-0.4, -0.2) is 25.4 Å². The Morgan fingerprint density at radius 2 is 1.94 bits per heavy atom. The highest BCUT2D eigenvalue weighted by atomic mass is 19.1. The molecule has 0 N–H and O–H groups in total. The van der Waals surface area contributed by atoms with Crippen LogP contribution < -0.4 is 10.4 Å². The van der Waals surface area contributed by atoms with Gasteiger partial charge in [0.05, 0.1) is 12.1 Å². The van der Waals surface area contributed by atoms with Crippen LogP contribution in [0.3, 0.4) is 0 Å². The highest BCUT2D eigenvalue weighted by molar-refractivity contribution is 5.79. The number of nitrogens with zero attached hydrogens (tertiary/aromatic N) is 4. The summed E-state index contributed by atoms with van der Waals surface area (Å²) in [6.45, 7) is 0. The van der Waals surface area contributed by atoms with Gasteiger partial charge in [0.2, 0.25) is 0 Å². The zero-order valence-corrected chi connectivity index (χ0v) is 16.4. The minimum atomic E-state index is -0.648. The first-order valence-electron chi connectivity index (χ1n) is 10.2. The molecule has 3 heterocycles. The molecule has 1 fully saturated rings. The number of ether oxygens (including phenoxy) is 1. The molecule has 0 radical (unpaired) electrons. The first-order valence-corrected chi connectivity index (χ1v) is 10.2. The van der Waals surface area contributed by atoms with Crippen LogP contribution in [0, 0.1) is 11.6 Å². The molecular formula is C22H18F2N4O3. The average Bonchev–Trinajstić information content (AvgIpc) is 3.40. The summed E-state index contributed by atoms with van der Waals surface area (Å²) in [6, 6.07) is 8.44. The third-order valence-electron chi connectivity index (χ3n) is 6.16. The number of halogens is 2. The van der Waals surface area contributed by atoms with Gasteiger partial charge in [0.15, 0.2) is 17.5 Å². The lowest BCUT2D eigenvalue weighted by Crippen LogP contribution is -2.41. The number of aromatic nitrogens is 4. The second-order valence-corrected chi connectivity index (χ2v) is 8.09. The second kappa shape index (κ2) is 6.76. The molecule has 1 aliphatic carbocycles. The Labute approximate surface area is 174 Å². The number of para-hydroxylation sites is 1. The monoisotopic (exact) mass is 424 g/mol. The van der Waals surface area contributed by atoms with Crippen molar-refractivity contribution in [3.63, 3.8) is 0 Å². The van der Waals surface area contributed by atoms with Gasteiger partial charge in [-0.1, -0.05) is 6.07 Å². The summed E-state index contributed by atoms with van der Waals surface area (Å²) in [6.07, 6.45) is 3.80. The Kier molecular flexibility index (Phi) is 3.99. The number of hydrogen-bond donors (Lipinski definition) is 0. The number of fused-ring (bicyclic) bond motifs is 2. The number of hydrogen-bond acceptors (Lipinski definition) is 5. The quantitative estimate of drug-likeness (QED) is 0.498. The lowest BCUT2D eigenvalue weighted by atomic mass is 9.89. The van der Waals surface area contributed by atoms with E-state index in [-0.39, 0.29) is 17.8 Å². The largest absolute Gasteiger partial charge is 0.488 e. The summed E-state index contributed by atoms with van der Waals surface area (Å²) in [5.41, 5.74) is 1.54. The summed E-state index contributed by atoms with van der Waals surface area (Å²) >= 11 is 0. The van der Waals surface area contributed by atoms with Crippen LogP contribution in [0.5, 0.6) is 5.75 Å². The van der Waals surface area contributed by atoms with Crippen molar-refractivity contribution in [2.75, 3.05) is 0 Å². The predicted octanol–water partition coefficient (Wildman–Crippen LogP) is 3.78. The van der Waals surface area contributed by atoms with E-state index in [0.29, 0.717) is 53.9 Å². The Hall–Kier alpha value is -3.49. The smallest absolute Gasteiger partial charge is 0.346 e. The molecule has 1 atom stereocenters. The van der Waals surface area contributed by atoms with Crippen LogP contribution in [0.2, 0.25) is 0 Å². The SMILES string of the molecule is O=c1n2c(nn1[C@H]1C[C@H](Oc3cccc4ocnc34)C1)CC[C@H]2c1cc(F)cc(F)c1. The highest BCUT2D eigenvalue weighted by Gasteiger charge is 2.38. The van der Waals surface area contributed by atoms with E-state index in [4.69, 9.17) is 9.15 Å². The van der Waals surface area contributed by atoms with Gasteiger partial charge in [0.25, 0.3) is 0 Å². The first-order chi connectivity index (χ1) is 15.1. The Bertz CT molecular complexity index is 1330. The van der Waals surface area contributed by atoms with E-state index in [1.165, 1.54) is 23.2 Å². The standard InChI is InChI=1S/C22H18F2N4O3/c23-13-6-12(7-14(24)8-13)17-4-5-20-26-28(22(29)27(17)20)15-9-16(10-15)31-19-3-1-2-18-21(19)25-11-30-18/h1-3,6-8,11,15-17H,4-5,9-10H2/t15-,16-,17-/m0/s1. The Balaban J connectivity index is 1.21. The fourth-order valence-corrected chi connectivity index (χ4v) is 4.60. The fraction of sp³-hybridized carbons (Fsp3) is 0.318. The van der Waals surface area contributed by atoms with Crippen molar-refractivity contribution >= 4 is 11.1 Å². The zero-order chi connectivity index (χ0) is 21.1. The second-order valence-electron chi connectivity index (χ2n) is 8.09. The van der Waals surface area contributed by atoms with Crippen LogP contribution in [0.4, 0.5) is 8.78 Å². The van der Waals surface area contributed by atoms with Crippen molar-refractivity contribution in [2.45, 2.75) is 43.9 Å². The van der Waals surface area contributed by atoms with Crippen LogP contribution >= 0.6 is 0 Å². The molecule has 2 aliphatic rings. The van der Waals surface area contributed by atoms with E-state index in [1.807, 2.05) is 18.2 Å². The molecule has 4 aromatic rings. The number of benzene rings is 2. The van der Waals surface area contributed by atoms with Gasteiger partial charge in [-0.15, -0.1) is 0 Å². The molecule has 0 unspecified atom stereocenters. The van der Waals surface area contributed by atoms with E-state index in [1.54, 1.807) is 4.57 Å². The molecule has 1 saturated carbocycles. The molecule has 158 valence electrons. The van der Waals surface area contributed by atoms with Gasteiger partial charge in [-0.2, -0.15) is 5.10 Å². The van der Waals surface area contributed by atoms with Crippen LogP contribution in [0.25, 0.3) is 11.1 Å². The summed E-state index contributed by atoms with van der Waals surface area (Å²) in [5, 5.41) is 4.51. The summed E-state index contributed by atoms with van der Waals surface area (Å²) in [7, 11) is 0. The van der Waals surface area contributed by atoms with E-state index >= 15 is 0 Å². The lowest BCUT2D eigenvalue weighted by molar-refractivity contribution is 0.0634. The highest BCUT2D eigenvalue weighted by Crippen LogP contribution is 2.37. The normalized spacial score (nSPS) is 22.5. The van der Waals surface area contributed by atoms with Crippen molar-refractivity contribution < 1.29 is 17.9 Å². The van der Waals surface area contributed by atoms with Gasteiger partial charge >= 0.3 is 5.69 Å². The van der Waals surface area contributed by atoms with Gasteiger partial charge in [-0.25, -0.2) is 23.2 Å². The maximum Gasteiger partial charge on any atom is 0.346 e. The van der Waals surface area contributed by atoms with Crippen molar-refractivity contribution in [2.24, 2.45) is 0 Å². The average molecular weight is 424 g/mol. The molecule has 0 spiro atoms. The van der Waals surface area contributed by atoms with E-state index in [2.05, 4.69) is 10.1 Å². The van der Waals surface area contributed by atoms with Gasteiger partial charge < -0.3 is 9.15 Å². The maximum absolute atomic E-state index is 13.7.